The van der Waals surface area contributed by atoms with Crippen molar-refractivity contribution in [2.45, 2.75) is 475 Å². The minimum absolute atomic E-state index is 0.0232. The van der Waals surface area contributed by atoms with Crippen LogP contribution in [-0.4, -0.2) is 47.4 Å². The van der Waals surface area contributed by atoms with Crippen LogP contribution in [0.15, 0.2) is 12.2 Å². The third-order valence-corrected chi connectivity index (χ3v) is 19.1. The van der Waals surface area contributed by atoms with Crippen LogP contribution in [0, 0.1) is 0 Å². The Kier molecular flexibility index (Phi) is 74.8. The number of nitrogens with one attached hydrogen (secondary N) is 1. The number of esters is 1. The molecule has 1 amide bonds. The average Bonchev–Trinajstić information content (AvgIpc) is 3.60. The van der Waals surface area contributed by atoms with Crippen molar-refractivity contribution in [1.82, 2.24) is 5.32 Å². The molecule has 0 saturated heterocycles. The van der Waals surface area contributed by atoms with E-state index >= 15 is 0 Å². The van der Waals surface area contributed by atoms with Gasteiger partial charge in [0, 0.05) is 12.8 Å². The summed E-state index contributed by atoms with van der Waals surface area (Å²) in [5.74, 6) is -0.00225. The molecule has 0 saturated carbocycles. The van der Waals surface area contributed by atoms with Crippen LogP contribution in [0.4, 0.5) is 0 Å². The second-order valence-electron chi connectivity index (χ2n) is 27.8. The van der Waals surface area contributed by atoms with Crippen LogP contribution in [0.5, 0.6) is 0 Å². The van der Waals surface area contributed by atoms with Crippen molar-refractivity contribution >= 4 is 11.9 Å². The molecule has 0 aromatic carbocycles. The molecule has 0 spiro atoms. The smallest absolute Gasteiger partial charge is 0.305 e. The lowest BCUT2D eigenvalue weighted by molar-refractivity contribution is -0.143. The molecule has 0 aromatic heterocycles. The van der Waals surface area contributed by atoms with Crippen LogP contribution in [0.25, 0.3) is 0 Å². The first-order valence-electron chi connectivity index (χ1n) is 39.9. The average molecular weight is 1210 g/mol. The molecule has 3 N–H and O–H groups in total. The Morgan fingerprint density at radius 1 is 0.314 bits per heavy atom. The Labute approximate surface area is 539 Å². The minimum Gasteiger partial charge on any atom is -0.466 e. The summed E-state index contributed by atoms with van der Waals surface area (Å²) in [4.78, 5) is 24.6. The van der Waals surface area contributed by atoms with E-state index in [1.54, 1.807) is 0 Å². The van der Waals surface area contributed by atoms with Crippen molar-refractivity contribution in [2.24, 2.45) is 0 Å². The monoisotopic (exact) mass is 1210 g/mol. The van der Waals surface area contributed by atoms with E-state index in [0.717, 1.165) is 38.5 Å². The Hall–Kier alpha value is -1.40. The first-order chi connectivity index (χ1) is 42.5. The zero-order valence-corrected chi connectivity index (χ0v) is 58.8. The number of aliphatic hydroxyl groups is 2. The van der Waals surface area contributed by atoms with Crippen LogP contribution in [-0.2, 0) is 14.3 Å². The van der Waals surface area contributed by atoms with Gasteiger partial charge in [-0.1, -0.05) is 411 Å². The third-order valence-electron chi connectivity index (χ3n) is 19.1. The van der Waals surface area contributed by atoms with E-state index in [4.69, 9.17) is 4.74 Å². The molecule has 0 radical (unpaired) electrons. The highest BCUT2D eigenvalue weighted by Gasteiger charge is 2.20. The highest BCUT2D eigenvalue weighted by atomic mass is 16.5. The lowest BCUT2D eigenvalue weighted by Gasteiger charge is -2.22. The molecule has 86 heavy (non-hydrogen) atoms. The predicted octanol–water partition coefficient (Wildman–Crippen LogP) is 26.3. The fourth-order valence-corrected chi connectivity index (χ4v) is 13.0. The maximum Gasteiger partial charge on any atom is 0.305 e. The van der Waals surface area contributed by atoms with Crippen LogP contribution in [0.3, 0.4) is 0 Å². The van der Waals surface area contributed by atoms with Gasteiger partial charge in [0.1, 0.15) is 0 Å². The van der Waals surface area contributed by atoms with Gasteiger partial charge in [-0.25, -0.2) is 0 Å². The van der Waals surface area contributed by atoms with Crippen molar-refractivity contribution in [3.8, 4) is 0 Å². The first kappa shape index (κ1) is 84.6. The van der Waals surface area contributed by atoms with Crippen LogP contribution in [0.1, 0.15) is 463 Å². The molecule has 0 rings (SSSR count). The maximum atomic E-state index is 12.6. The number of allylic oxidation sites excluding steroid dienone is 2. The zero-order valence-electron chi connectivity index (χ0n) is 58.8. The molecular formula is C80H157NO5. The van der Waals surface area contributed by atoms with Gasteiger partial charge >= 0.3 is 5.97 Å². The summed E-state index contributed by atoms with van der Waals surface area (Å²) in [5, 5.41) is 23.4. The van der Waals surface area contributed by atoms with Gasteiger partial charge in [0.05, 0.1) is 25.4 Å². The zero-order chi connectivity index (χ0) is 62.0. The van der Waals surface area contributed by atoms with E-state index in [-0.39, 0.29) is 18.5 Å². The van der Waals surface area contributed by atoms with E-state index in [0.29, 0.717) is 25.9 Å². The number of unbranched alkanes of at least 4 members (excludes halogenated alkanes) is 63. The molecule has 0 aromatic rings. The largest absolute Gasteiger partial charge is 0.466 e. The quantitative estimate of drug-likeness (QED) is 0.0320. The molecule has 0 aliphatic rings. The molecule has 0 aliphatic heterocycles. The molecule has 0 fully saturated rings. The molecule has 6 heteroatoms. The molecule has 2 atom stereocenters. The number of carbonyl (C=O) groups excluding carboxylic acids is 2. The van der Waals surface area contributed by atoms with Crippen molar-refractivity contribution < 1.29 is 24.5 Å². The summed E-state index contributed by atoms with van der Waals surface area (Å²) < 4.78 is 5.49. The topological polar surface area (TPSA) is 95.9 Å². The summed E-state index contributed by atoms with van der Waals surface area (Å²) in [6.45, 7) is 5.01. The Morgan fingerprint density at radius 2 is 0.547 bits per heavy atom. The van der Waals surface area contributed by atoms with Crippen LogP contribution < -0.4 is 5.32 Å². The predicted molar refractivity (Wildman–Crippen MR) is 380 cm³/mol. The fourth-order valence-electron chi connectivity index (χ4n) is 13.0. The highest BCUT2D eigenvalue weighted by molar-refractivity contribution is 5.76. The van der Waals surface area contributed by atoms with E-state index in [9.17, 15) is 19.8 Å². The number of hydrogen-bond donors (Lipinski definition) is 3. The summed E-state index contributed by atoms with van der Waals surface area (Å²) >= 11 is 0. The second-order valence-corrected chi connectivity index (χ2v) is 27.8. The Bertz CT molecular complexity index is 1300. The van der Waals surface area contributed by atoms with Gasteiger partial charge in [0.15, 0.2) is 0 Å². The van der Waals surface area contributed by atoms with Crippen LogP contribution >= 0.6 is 0 Å². The van der Waals surface area contributed by atoms with E-state index in [1.807, 2.05) is 0 Å². The number of aliphatic hydroxyl groups excluding tert-OH is 2. The van der Waals surface area contributed by atoms with Crippen molar-refractivity contribution in [3.63, 3.8) is 0 Å². The lowest BCUT2D eigenvalue weighted by Crippen LogP contribution is -2.45. The minimum atomic E-state index is -0.662. The SMILES string of the molecule is CCCCCCCCCCCCCCCCCCCCCCC(O)C(CO)NC(=O)CCCCCCCCCCCCCCCCCCC/C=C\CCCCCCCCCCCCCCCCCCOC(=O)CCCCCCCCCCCCCC. The number of hydrogen-bond acceptors (Lipinski definition) is 5. The van der Waals surface area contributed by atoms with Gasteiger partial charge in [-0.05, 0) is 51.4 Å². The molecule has 2 unspecified atom stereocenters. The highest BCUT2D eigenvalue weighted by Crippen LogP contribution is 2.20. The third kappa shape index (κ3) is 71.7. The van der Waals surface area contributed by atoms with Crippen molar-refractivity contribution in [2.75, 3.05) is 13.2 Å². The molecule has 0 heterocycles. The number of ether oxygens (including phenoxy) is 1. The first-order valence-corrected chi connectivity index (χ1v) is 39.9. The molecule has 0 bridgehead atoms. The van der Waals surface area contributed by atoms with E-state index < -0.39 is 12.1 Å². The van der Waals surface area contributed by atoms with Gasteiger partial charge < -0.3 is 20.3 Å². The number of rotatable bonds is 76. The second kappa shape index (κ2) is 76.1. The standard InChI is InChI=1S/C80H157NO5/c1-3-5-7-9-11-13-15-17-18-19-20-40-43-46-49-52-56-60-64-68-72-78(83)77(76-82)81-79(84)73-69-65-61-57-53-50-47-44-41-38-36-34-32-30-28-26-24-22-21-23-25-27-29-31-33-35-37-39-42-45-48-51-55-59-63-67-71-75-86-80(85)74-70-66-62-58-54-16-14-12-10-8-6-4-2/h21,23,77-78,82-83H,3-20,22,24-76H2,1-2H3,(H,81,84)/b23-21-. The maximum absolute atomic E-state index is 12.6. The van der Waals surface area contributed by atoms with Gasteiger partial charge in [-0.2, -0.15) is 0 Å². The van der Waals surface area contributed by atoms with Crippen LogP contribution in [0.2, 0.25) is 0 Å². The van der Waals surface area contributed by atoms with Gasteiger partial charge in [-0.15, -0.1) is 0 Å². The van der Waals surface area contributed by atoms with Crippen molar-refractivity contribution in [1.29, 1.82) is 0 Å². The van der Waals surface area contributed by atoms with Gasteiger partial charge in [-0.3, -0.25) is 9.59 Å². The normalized spacial score (nSPS) is 12.5. The van der Waals surface area contributed by atoms with Gasteiger partial charge in [0.25, 0.3) is 0 Å². The summed E-state index contributed by atoms with van der Waals surface area (Å²) in [6.07, 6.45) is 96.0. The fraction of sp³-hybridized carbons (Fsp3) is 0.950. The Morgan fingerprint density at radius 3 is 0.826 bits per heavy atom. The van der Waals surface area contributed by atoms with Gasteiger partial charge in [0.2, 0.25) is 5.91 Å². The number of amides is 1. The van der Waals surface area contributed by atoms with E-state index in [1.165, 1.54) is 392 Å². The summed E-state index contributed by atoms with van der Waals surface area (Å²) in [7, 11) is 0. The Balaban J connectivity index is 3.33. The summed E-state index contributed by atoms with van der Waals surface area (Å²) in [6, 6.07) is -0.539. The number of carbonyl (C=O) groups is 2. The molecule has 512 valence electrons. The summed E-state index contributed by atoms with van der Waals surface area (Å²) in [5.41, 5.74) is 0. The lowest BCUT2D eigenvalue weighted by atomic mass is 10.0. The van der Waals surface area contributed by atoms with Crippen molar-refractivity contribution in [3.05, 3.63) is 12.2 Å². The van der Waals surface area contributed by atoms with E-state index in [2.05, 4.69) is 31.3 Å². The molecular weight excluding hydrogens is 1050 g/mol. The molecule has 0 aliphatic carbocycles. The molecule has 6 nitrogen and oxygen atoms in total.